The Bertz CT molecular complexity index is 686. The van der Waals surface area contributed by atoms with Crippen LogP contribution in [0, 0.1) is 6.92 Å². The van der Waals surface area contributed by atoms with Crippen LogP contribution in [0.15, 0.2) is 34.9 Å². The number of nitrogens with zero attached hydrogens (tertiary/aromatic N) is 1. The van der Waals surface area contributed by atoms with E-state index in [1.54, 1.807) is 6.20 Å². The second-order valence-electron chi connectivity index (χ2n) is 4.72. The van der Waals surface area contributed by atoms with Crippen molar-refractivity contribution < 1.29 is 9.53 Å². The van der Waals surface area contributed by atoms with Crippen LogP contribution in [0.1, 0.15) is 17.5 Å². The van der Waals surface area contributed by atoms with Gasteiger partial charge >= 0.3 is 0 Å². The maximum atomic E-state index is 11.3. The fourth-order valence-electron chi connectivity index (χ4n) is 2.12. The monoisotopic (exact) mass is 332 g/mol. The average Bonchev–Trinajstić information content (AvgIpc) is 2.44. The number of anilines is 1. The van der Waals surface area contributed by atoms with Gasteiger partial charge in [-0.25, -0.2) is 4.98 Å². The zero-order valence-corrected chi connectivity index (χ0v) is 12.5. The summed E-state index contributed by atoms with van der Waals surface area (Å²) in [5, 5.41) is 2.85. The Morgan fingerprint density at radius 2 is 2.15 bits per heavy atom. The normalized spacial score (nSPS) is 13.6. The summed E-state index contributed by atoms with van der Waals surface area (Å²) in [5.74, 6) is 1.33. The molecule has 1 aromatic carbocycles. The minimum Gasteiger partial charge on any atom is -0.438 e. The molecule has 1 N–H and O–H groups in total. The van der Waals surface area contributed by atoms with Crippen LogP contribution in [0.25, 0.3) is 0 Å². The van der Waals surface area contributed by atoms with Crippen molar-refractivity contribution in [3.05, 3.63) is 46.1 Å². The number of pyridine rings is 1. The van der Waals surface area contributed by atoms with Crippen LogP contribution in [0.2, 0.25) is 0 Å². The molecule has 0 bridgehead atoms. The molecule has 1 aliphatic rings. The first-order chi connectivity index (χ1) is 9.63. The summed E-state index contributed by atoms with van der Waals surface area (Å²) in [6.45, 7) is 1.99. The van der Waals surface area contributed by atoms with Gasteiger partial charge in [0.25, 0.3) is 0 Å². The van der Waals surface area contributed by atoms with Gasteiger partial charge in [0.1, 0.15) is 5.75 Å². The first-order valence-corrected chi connectivity index (χ1v) is 7.14. The van der Waals surface area contributed by atoms with Gasteiger partial charge in [-0.05, 0) is 64.7 Å². The SMILES string of the molecule is Cc1ccnc(Oc2ccc3c(c2)CCC(=O)N3)c1Br. The van der Waals surface area contributed by atoms with Crippen molar-refractivity contribution in [3.8, 4) is 11.6 Å². The van der Waals surface area contributed by atoms with Gasteiger partial charge in [-0.3, -0.25) is 4.79 Å². The highest BCUT2D eigenvalue weighted by atomic mass is 79.9. The van der Waals surface area contributed by atoms with Crippen molar-refractivity contribution in [3.63, 3.8) is 0 Å². The Morgan fingerprint density at radius 3 is 3.00 bits per heavy atom. The molecular formula is C15H13BrN2O2. The summed E-state index contributed by atoms with van der Waals surface area (Å²) in [6, 6.07) is 7.57. The molecule has 0 fully saturated rings. The number of ether oxygens (including phenoxy) is 1. The lowest BCUT2D eigenvalue weighted by molar-refractivity contribution is -0.116. The molecule has 0 atom stereocenters. The molecule has 1 aromatic heterocycles. The zero-order chi connectivity index (χ0) is 14.1. The van der Waals surface area contributed by atoms with E-state index in [0.29, 0.717) is 12.3 Å². The second-order valence-corrected chi connectivity index (χ2v) is 5.51. The number of halogens is 1. The topological polar surface area (TPSA) is 51.2 Å². The van der Waals surface area contributed by atoms with Crippen molar-refractivity contribution >= 4 is 27.5 Å². The number of aryl methyl sites for hydroxylation is 2. The molecule has 102 valence electrons. The van der Waals surface area contributed by atoms with Crippen molar-refractivity contribution in [2.45, 2.75) is 19.8 Å². The van der Waals surface area contributed by atoms with Gasteiger partial charge in [-0.15, -0.1) is 0 Å². The molecule has 0 spiro atoms. The number of aromatic nitrogens is 1. The molecule has 2 aromatic rings. The van der Waals surface area contributed by atoms with E-state index >= 15 is 0 Å². The van der Waals surface area contributed by atoms with Crippen molar-refractivity contribution in [2.75, 3.05) is 5.32 Å². The predicted molar refractivity (Wildman–Crippen MR) is 80.1 cm³/mol. The van der Waals surface area contributed by atoms with Gasteiger partial charge in [0, 0.05) is 18.3 Å². The third kappa shape index (κ3) is 2.54. The Morgan fingerprint density at radius 1 is 1.30 bits per heavy atom. The van der Waals surface area contributed by atoms with E-state index in [0.717, 1.165) is 33.5 Å². The molecule has 20 heavy (non-hydrogen) atoms. The highest BCUT2D eigenvalue weighted by Crippen LogP contribution is 2.32. The lowest BCUT2D eigenvalue weighted by Crippen LogP contribution is -2.18. The number of nitrogens with one attached hydrogen (secondary N) is 1. The third-order valence-corrected chi connectivity index (χ3v) is 4.20. The number of benzene rings is 1. The summed E-state index contributed by atoms with van der Waals surface area (Å²) >= 11 is 3.48. The minimum absolute atomic E-state index is 0.0641. The molecule has 1 amide bonds. The first kappa shape index (κ1) is 13.1. The van der Waals surface area contributed by atoms with Crippen molar-refractivity contribution in [1.29, 1.82) is 0 Å². The molecule has 3 rings (SSSR count). The van der Waals surface area contributed by atoms with Gasteiger partial charge in [0.15, 0.2) is 0 Å². The zero-order valence-electron chi connectivity index (χ0n) is 10.9. The van der Waals surface area contributed by atoms with E-state index in [4.69, 9.17) is 4.74 Å². The largest absolute Gasteiger partial charge is 0.438 e. The van der Waals surface area contributed by atoms with Gasteiger partial charge in [-0.1, -0.05) is 0 Å². The molecule has 0 unspecified atom stereocenters. The predicted octanol–water partition coefficient (Wildman–Crippen LogP) is 3.83. The molecule has 4 nitrogen and oxygen atoms in total. The summed E-state index contributed by atoms with van der Waals surface area (Å²) < 4.78 is 6.66. The quantitative estimate of drug-likeness (QED) is 0.909. The number of rotatable bonds is 2. The number of hydrogen-bond acceptors (Lipinski definition) is 3. The first-order valence-electron chi connectivity index (χ1n) is 6.35. The smallest absolute Gasteiger partial charge is 0.233 e. The minimum atomic E-state index is 0.0641. The maximum Gasteiger partial charge on any atom is 0.233 e. The number of amides is 1. The molecule has 2 heterocycles. The van der Waals surface area contributed by atoms with Crippen LogP contribution in [-0.4, -0.2) is 10.9 Å². The lowest BCUT2D eigenvalue weighted by Gasteiger charge is -2.17. The second kappa shape index (κ2) is 5.25. The van der Waals surface area contributed by atoms with E-state index < -0.39 is 0 Å². The molecule has 0 radical (unpaired) electrons. The summed E-state index contributed by atoms with van der Waals surface area (Å²) in [6.07, 6.45) is 2.97. The van der Waals surface area contributed by atoms with Crippen LogP contribution in [0.5, 0.6) is 11.6 Å². The standard InChI is InChI=1S/C15H13BrN2O2/c1-9-6-7-17-15(14(9)16)20-11-3-4-12-10(8-11)2-5-13(19)18-12/h3-4,6-8H,2,5H2,1H3,(H,18,19). The Balaban J connectivity index is 1.88. The van der Waals surface area contributed by atoms with Crippen LogP contribution < -0.4 is 10.1 Å². The Kier molecular flexibility index (Phi) is 3.44. The fourth-order valence-corrected chi connectivity index (χ4v) is 2.44. The van der Waals surface area contributed by atoms with E-state index in [1.807, 2.05) is 31.2 Å². The molecule has 1 aliphatic heterocycles. The summed E-state index contributed by atoms with van der Waals surface area (Å²) in [5.41, 5.74) is 3.02. The average molecular weight is 333 g/mol. The van der Waals surface area contributed by atoms with Gasteiger partial charge in [0.05, 0.1) is 4.47 Å². The maximum absolute atomic E-state index is 11.3. The number of carbonyl (C=O) groups is 1. The lowest BCUT2D eigenvalue weighted by atomic mass is 10.0. The fraction of sp³-hybridized carbons (Fsp3) is 0.200. The van der Waals surface area contributed by atoms with Crippen LogP contribution in [0.4, 0.5) is 5.69 Å². The van der Waals surface area contributed by atoms with E-state index in [2.05, 4.69) is 26.2 Å². The van der Waals surface area contributed by atoms with Gasteiger partial charge in [0.2, 0.25) is 11.8 Å². The molecule has 5 heteroatoms. The Labute approximate surface area is 125 Å². The highest BCUT2D eigenvalue weighted by Gasteiger charge is 2.15. The van der Waals surface area contributed by atoms with Crippen LogP contribution in [-0.2, 0) is 11.2 Å². The molecule has 0 saturated carbocycles. The number of carbonyl (C=O) groups excluding carboxylic acids is 1. The van der Waals surface area contributed by atoms with E-state index in [1.165, 1.54) is 0 Å². The molecule has 0 aliphatic carbocycles. The van der Waals surface area contributed by atoms with Crippen molar-refractivity contribution in [2.24, 2.45) is 0 Å². The van der Waals surface area contributed by atoms with E-state index in [9.17, 15) is 4.79 Å². The van der Waals surface area contributed by atoms with Crippen LogP contribution in [0.3, 0.4) is 0 Å². The Hall–Kier alpha value is -1.88. The third-order valence-electron chi connectivity index (χ3n) is 3.24. The van der Waals surface area contributed by atoms with Gasteiger partial charge < -0.3 is 10.1 Å². The van der Waals surface area contributed by atoms with Gasteiger partial charge in [-0.2, -0.15) is 0 Å². The highest BCUT2D eigenvalue weighted by molar-refractivity contribution is 9.10. The van der Waals surface area contributed by atoms with E-state index in [-0.39, 0.29) is 5.91 Å². The molecule has 0 saturated heterocycles. The number of fused-ring (bicyclic) bond motifs is 1. The van der Waals surface area contributed by atoms with Crippen molar-refractivity contribution in [1.82, 2.24) is 4.98 Å². The summed E-state index contributed by atoms with van der Waals surface area (Å²) in [7, 11) is 0. The molecular weight excluding hydrogens is 320 g/mol. The number of hydrogen-bond donors (Lipinski definition) is 1. The van der Waals surface area contributed by atoms with Crippen LogP contribution >= 0.6 is 15.9 Å². The summed E-state index contributed by atoms with van der Waals surface area (Å²) in [4.78, 5) is 15.5.